The quantitative estimate of drug-likeness (QED) is 0.389. The molecule has 22 heavy (non-hydrogen) atoms. The van der Waals surface area contributed by atoms with E-state index in [-0.39, 0.29) is 0 Å². The summed E-state index contributed by atoms with van der Waals surface area (Å²) < 4.78 is 10.5. The van der Waals surface area contributed by atoms with Crippen molar-refractivity contribution in [1.82, 2.24) is 20.8 Å². The summed E-state index contributed by atoms with van der Waals surface area (Å²) in [6.45, 7) is 11.9. The third-order valence-electron chi connectivity index (χ3n) is 2.91. The molecule has 1 rings (SSSR count). The molecule has 0 saturated heterocycles. The zero-order valence-electron chi connectivity index (χ0n) is 14.2. The number of guanidine groups is 1. The molecule has 2 N–H and O–H groups in total. The van der Waals surface area contributed by atoms with Crippen molar-refractivity contribution in [2.75, 3.05) is 32.8 Å². The van der Waals surface area contributed by atoms with Gasteiger partial charge in [0.25, 0.3) is 0 Å². The topological polar surface area (TPSA) is 84.6 Å². The van der Waals surface area contributed by atoms with Crippen molar-refractivity contribution in [3.8, 4) is 0 Å². The van der Waals surface area contributed by atoms with Crippen molar-refractivity contribution in [1.29, 1.82) is 0 Å². The average molecular weight is 311 g/mol. The first-order valence-electron chi connectivity index (χ1n) is 8.09. The number of ether oxygens (including phenoxy) is 1. The van der Waals surface area contributed by atoms with Gasteiger partial charge in [-0.05, 0) is 20.3 Å². The minimum absolute atomic E-state index is 0.297. The summed E-state index contributed by atoms with van der Waals surface area (Å²) in [6.07, 6.45) is 1.63. The second-order valence-electron chi connectivity index (χ2n) is 5.19. The Morgan fingerprint density at radius 3 is 2.77 bits per heavy atom. The zero-order valence-corrected chi connectivity index (χ0v) is 14.2. The Hall–Kier alpha value is -1.63. The number of aliphatic imine (C=N–C) groups is 1. The van der Waals surface area contributed by atoms with Crippen molar-refractivity contribution < 1.29 is 9.26 Å². The summed E-state index contributed by atoms with van der Waals surface area (Å²) in [5, 5.41) is 10.4. The molecule has 0 amide bonds. The van der Waals surface area contributed by atoms with Crippen LogP contribution in [0.4, 0.5) is 0 Å². The van der Waals surface area contributed by atoms with Crippen molar-refractivity contribution in [2.45, 2.75) is 46.5 Å². The van der Waals surface area contributed by atoms with Gasteiger partial charge in [-0.25, -0.2) is 0 Å². The van der Waals surface area contributed by atoms with E-state index in [4.69, 9.17) is 9.26 Å². The maximum atomic E-state index is 5.29. The minimum atomic E-state index is 0.297. The zero-order chi connectivity index (χ0) is 16.2. The molecule has 0 saturated carbocycles. The molecule has 0 aliphatic heterocycles. The Morgan fingerprint density at radius 1 is 1.32 bits per heavy atom. The van der Waals surface area contributed by atoms with Crippen LogP contribution < -0.4 is 10.6 Å². The maximum Gasteiger partial charge on any atom is 0.226 e. The molecule has 0 unspecified atom stereocenters. The summed E-state index contributed by atoms with van der Waals surface area (Å²) >= 11 is 0. The van der Waals surface area contributed by atoms with E-state index >= 15 is 0 Å². The van der Waals surface area contributed by atoms with Crippen LogP contribution in [0.5, 0.6) is 0 Å². The minimum Gasteiger partial charge on any atom is -0.380 e. The van der Waals surface area contributed by atoms with Gasteiger partial charge in [0.05, 0.1) is 6.61 Å². The van der Waals surface area contributed by atoms with E-state index in [1.165, 1.54) is 0 Å². The number of hydrogen-bond acceptors (Lipinski definition) is 5. The fourth-order valence-corrected chi connectivity index (χ4v) is 1.75. The van der Waals surface area contributed by atoms with Gasteiger partial charge >= 0.3 is 0 Å². The molecule has 1 heterocycles. The van der Waals surface area contributed by atoms with Crippen LogP contribution in [-0.2, 0) is 11.2 Å². The van der Waals surface area contributed by atoms with Gasteiger partial charge in [0.15, 0.2) is 11.8 Å². The average Bonchev–Trinajstić information content (AvgIpc) is 2.97. The van der Waals surface area contributed by atoms with E-state index in [0.29, 0.717) is 25.0 Å². The summed E-state index contributed by atoms with van der Waals surface area (Å²) in [7, 11) is 0. The van der Waals surface area contributed by atoms with E-state index in [0.717, 1.165) is 44.3 Å². The second kappa shape index (κ2) is 11.0. The Bertz CT molecular complexity index is 431. The number of nitrogens with zero attached hydrogens (tertiary/aromatic N) is 3. The van der Waals surface area contributed by atoms with Crippen molar-refractivity contribution >= 4 is 5.96 Å². The Balaban J connectivity index is 2.29. The first-order chi connectivity index (χ1) is 10.7. The monoisotopic (exact) mass is 311 g/mol. The highest BCUT2D eigenvalue weighted by Crippen LogP contribution is 2.10. The van der Waals surface area contributed by atoms with Crippen molar-refractivity contribution in [3.05, 3.63) is 11.7 Å². The third kappa shape index (κ3) is 7.40. The van der Waals surface area contributed by atoms with Crippen LogP contribution in [0.3, 0.4) is 0 Å². The largest absolute Gasteiger partial charge is 0.380 e. The van der Waals surface area contributed by atoms with Gasteiger partial charge in [0.2, 0.25) is 5.89 Å². The number of aromatic nitrogens is 2. The lowest BCUT2D eigenvalue weighted by atomic mass is 10.2. The van der Waals surface area contributed by atoms with Crippen LogP contribution in [0.25, 0.3) is 0 Å². The van der Waals surface area contributed by atoms with Gasteiger partial charge in [-0.2, -0.15) is 4.98 Å². The SMILES string of the molecule is CCNC(=NCCCc1nc(C(C)C)no1)NCCOCC. The molecule has 0 aliphatic carbocycles. The van der Waals surface area contributed by atoms with E-state index in [1.807, 2.05) is 13.8 Å². The van der Waals surface area contributed by atoms with Gasteiger partial charge in [-0.15, -0.1) is 0 Å². The normalized spacial score (nSPS) is 12.0. The fourth-order valence-electron chi connectivity index (χ4n) is 1.75. The smallest absolute Gasteiger partial charge is 0.226 e. The van der Waals surface area contributed by atoms with Crippen LogP contribution in [-0.4, -0.2) is 48.9 Å². The molecule has 0 aliphatic rings. The second-order valence-corrected chi connectivity index (χ2v) is 5.19. The van der Waals surface area contributed by atoms with E-state index in [9.17, 15) is 0 Å². The van der Waals surface area contributed by atoms with E-state index < -0.39 is 0 Å². The molecular formula is C15H29N5O2. The first kappa shape index (κ1) is 18.4. The first-order valence-corrected chi connectivity index (χ1v) is 8.09. The summed E-state index contributed by atoms with van der Waals surface area (Å²) in [4.78, 5) is 8.88. The molecule has 7 heteroatoms. The van der Waals surface area contributed by atoms with E-state index in [1.54, 1.807) is 0 Å². The maximum absolute atomic E-state index is 5.29. The molecule has 0 atom stereocenters. The van der Waals surface area contributed by atoms with Gasteiger partial charge in [-0.1, -0.05) is 19.0 Å². The molecular weight excluding hydrogens is 282 g/mol. The molecule has 1 aromatic heterocycles. The molecule has 126 valence electrons. The van der Waals surface area contributed by atoms with E-state index in [2.05, 4.69) is 39.6 Å². The highest BCUT2D eigenvalue weighted by molar-refractivity contribution is 5.79. The highest BCUT2D eigenvalue weighted by Gasteiger charge is 2.08. The van der Waals surface area contributed by atoms with Gasteiger partial charge in [0.1, 0.15) is 0 Å². The number of rotatable bonds is 10. The molecule has 0 fully saturated rings. The van der Waals surface area contributed by atoms with Gasteiger partial charge < -0.3 is 19.9 Å². The number of aryl methyl sites for hydroxylation is 1. The Kier molecular flexibility index (Phi) is 9.21. The van der Waals surface area contributed by atoms with Gasteiger partial charge in [-0.3, -0.25) is 4.99 Å². The molecule has 1 aromatic rings. The predicted molar refractivity (Wildman–Crippen MR) is 87.2 cm³/mol. The number of nitrogens with one attached hydrogen (secondary N) is 2. The van der Waals surface area contributed by atoms with Crippen LogP contribution in [0.15, 0.2) is 9.52 Å². The molecule has 0 bridgehead atoms. The Labute approximate surface area is 132 Å². The van der Waals surface area contributed by atoms with Crippen LogP contribution in [0.2, 0.25) is 0 Å². The molecule has 7 nitrogen and oxygen atoms in total. The summed E-state index contributed by atoms with van der Waals surface area (Å²) in [6, 6.07) is 0. The predicted octanol–water partition coefficient (Wildman–Crippen LogP) is 1.72. The standard InChI is InChI=1S/C15H29N5O2/c1-5-16-15(18-10-11-21-6-2)17-9-7-8-13-19-14(12(3)4)20-22-13/h12H,5-11H2,1-4H3,(H2,16,17,18). The molecule has 0 aromatic carbocycles. The Morgan fingerprint density at radius 2 is 2.14 bits per heavy atom. The number of hydrogen-bond donors (Lipinski definition) is 2. The van der Waals surface area contributed by atoms with Crippen molar-refractivity contribution in [2.24, 2.45) is 4.99 Å². The van der Waals surface area contributed by atoms with Crippen LogP contribution in [0.1, 0.15) is 51.7 Å². The third-order valence-corrected chi connectivity index (χ3v) is 2.91. The van der Waals surface area contributed by atoms with Gasteiger partial charge in [0, 0.05) is 38.6 Å². The lowest BCUT2D eigenvalue weighted by Crippen LogP contribution is -2.39. The lowest BCUT2D eigenvalue weighted by molar-refractivity contribution is 0.152. The molecule has 0 radical (unpaired) electrons. The fraction of sp³-hybridized carbons (Fsp3) is 0.800. The van der Waals surface area contributed by atoms with Crippen LogP contribution >= 0.6 is 0 Å². The highest BCUT2D eigenvalue weighted by atomic mass is 16.5. The van der Waals surface area contributed by atoms with Crippen LogP contribution in [0, 0.1) is 0 Å². The molecule has 0 spiro atoms. The summed E-state index contributed by atoms with van der Waals surface area (Å²) in [5.74, 6) is 2.57. The lowest BCUT2D eigenvalue weighted by Gasteiger charge is -2.10. The summed E-state index contributed by atoms with van der Waals surface area (Å²) in [5.41, 5.74) is 0. The van der Waals surface area contributed by atoms with Crippen molar-refractivity contribution in [3.63, 3.8) is 0 Å².